The highest BCUT2D eigenvalue weighted by Crippen LogP contribution is 2.25. The van der Waals surface area contributed by atoms with Crippen molar-refractivity contribution in [3.63, 3.8) is 0 Å². The van der Waals surface area contributed by atoms with E-state index in [0.717, 1.165) is 0 Å². The van der Waals surface area contributed by atoms with E-state index < -0.39 is 16.9 Å². The Hall–Kier alpha value is -1.66. The molecule has 0 radical (unpaired) electrons. The average Bonchev–Trinajstić information content (AvgIpc) is 2.35. The number of esters is 1. The molecule has 1 aromatic rings. The Bertz CT molecular complexity index is 464. The first kappa shape index (κ1) is 14.4. The lowest BCUT2D eigenvalue weighted by atomic mass is 10.1. The van der Waals surface area contributed by atoms with Gasteiger partial charge in [0, 0.05) is 12.6 Å². The maximum atomic E-state index is 11.2. The largest absolute Gasteiger partial charge is 0.468 e. The van der Waals surface area contributed by atoms with Crippen molar-refractivity contribution in [3.05, 3.63) is 38.9 Å². The van der Waals surface area contributed by atoms with Crippen molar-refractivity contribution in [3.8, 4) is 0 Å². The Kier molecular flexibility index (Phi) is 5.06. The fourth-order valence-electron chi connectivity index (χ4n) is 1.41. The van der Waals surface area contributed by atoms with Crippen molar-refractivity contribution in [2.45, 2.75) is 19.5 Å². The van der Waals surface area contributed by atoms with Crippen LogP contribution in [0.5, 0.6) is 0 Å². The van der Waals surface area contributed by atoms with E-state index in [1.807, 2.05) is 0 Å². The van der Waals surface area contributed by atoms with Crippen molar-refractivity contribution in [1.29, 1.82) is 0 Å². The third-order valence-electron chi connectivity index (χ3n) is 2.43. The van der Waals surface area contributed by atoms with Gasteiger partial charge in [0.1, 0.15) is 6.04 Å². The molecule has 1 rings (SSSR count). The molecule has 6 nitrogen and oxygen atoms in total. The van der Waals surface area contributed by atoms with Crippen molar-refractivity contribution in [1.82, 2.24) is 5.32 Å². The number of nitro benzene ring substituents is 1. The molecule has 1 atom stereocenters. The summed E-state index contributed by atoms with van der Waals surface area (Å²) in [6, 6.07) is 3.87. The Labute approximate surface area is 109 Å². The molecule has 0 saturated carbocycles. The molecule has 1 N–H and O–H groups in total. The molecule has 0 bridgehead atoms. The van der Waals surface area contributed by atoms with Gasteiger partial charge in [-0.15, -0.1) is 0 Å². The Balaban J connectivity index is 2.84. The zero-order valence-electron chi connectivity index (χ0n) is 9.97. The highest BCUT2D eigenvalue weighted by atomic mass is 35.5. The summed E-state index contributed by atoms with van der Waals surface area (Å²) in [5.74, 6) is -0.440. The van der Waals surface area contributed by atoms with Crippen molar-refractivity contribution < 1.29 is 14.5 Å². The van der Waals surface area contributed by atoms with E-state index in [9.17, 15) is 14.9 Å². The lowest BCUT2D eigenvalue weighted by Crippen LogP contribution is -2.34. The molecule has 0 aliphatic heterocycles. The van der Waals surface area contributed by atoms with E-state index in [4.69, 9.17) is 11.6 Å². The van der Waals surface area contributed by atoms with Crippen LogP contribution in [0.25, 0.3) is 0 Å². The summed E-state index contributed by atoms with van der Waals surface area (Å²) in [5, 5.41) is 13.9. The number of methoxy groups -OCH3 is 1. The Morgan fingerprint density at radius 1 is 1.61 bits per heavy atom. The van der Waals surface area contributed by atoms with Gasteiger partial charge >= 0.3 is 5.97 Å². The average molecular weight is 273 g/mol. The van der Waals surface area contributed by atoms with Crippen LogP contribution < -0.4 is 5.32 Å². The molecule has 1 aromatic carbocycles. The van der Waals surface area contributed by atoms with Crippen LogP contribution in [-0.4, -0.2) is 24.0 Å². The maximum absolute atomic E-state index is 11.2. The number of benzene rings is 1. The zero-order chi connectivity index (χ0) is 13.7. The maximum Gasteiger partial charge on any atom is 0.322 e. The first-order chi connectivity index (χ1) is 8.47. The molecule has 18 heavy (non-hydrogen) atoms. The third kappa shape index (κ3) is 3.41. The third-order valence-corrected chi connectivity index (χ3v) is 2.78. The number of nitrogens with zero attached hydrogens (tertiary/aromatic N) is 1. The van der Waals surface area contributed by atoms with Gasteiger partial charge in [-0.1, -0.05) is 17.7 Å². The van der Waals surface area contributed by atoms with Crippen LogP contribution >= 0.6 is 11.6 Å². The quantitative estimate of drug-likeness (QED) is 0.503. The molecule has 0 aliphatic carbocycles. The number of hydrogen-bond donors (Lipinski definition) is 1. The summed E-state index contributed by atoms with van der Waals surface area (Å²) in [7, 11) is 1.28. The molecule has 0 spiro atoms. The van der Waals surface area contributed by atoms with Gasteiger partial charge in [-0.3, -0.25) is 14.9 Å². The van der Waals surface area contributed by atoms with Gasteiger partial charge in [-0.25, -0.2) is 0 Å². The van der Waals surface area contributed by atoms with Crippen LogP contribution in [0.1, 0.15) is 12.5 Å². The number of ether oxygens (including phenoxy) is 1. The molecule has 0 fully saturated rings. The summed E-state index contributed by atoms with van der Waals surface area (Å²) in [4.78, 5) is 21.5. The lowest BCUT2D eigenvalue weighted by molar-refractivity contribution is -0.385. The van der Waals surface area contributed by atoms with Crippen LogP contribution in [-0.2, 0) is 16.1 Å². The lowest BCUT2D eigenvalue weighted by Gasteiger charge is -2.12. The smallest absolute Gasteiger partial charge is 0.322 e. The molecule has 0 heterocycles. The summed E-state index contributed by atoms with van der Waals surface area (Å²) in [6.07, 6.45) is 0. The molecule has 98 valence electrons. The molecule has 0 aliphatic rings. The van der Waals surface area contributed by atoms with Gasteiger partial charge in [0.2, 0.25) is 0 Å². The minimum Gasteiger partial charge on any atom is -0.468 e. The first-order valence-corrected chi connectivity index (χ1v) is 5.58. The van der Waals surface area contributed by atoms with Crippen LogP contribution in [0.2, 0.25) is 5.02 Å². The van der Waals surface area contributed by atoms with Crippen molar-refractivity contribution in [2.75, 3.05) is 7.11 Å². The molecular formula is C11H13ClN2O4. The summed E-state index contributed by atoms with van der Waals surface area (Å²) >= 11 is 5.91. The number of halogens is 1. The highest BCUT2D eigenvalue weighted by molar-refractivity contribution is 6.31. The first-order valence-electron chi connectivity index (χ1n) is 5.20. The van der Waals surface area contributed by atoms with Crippen LogP contribution in [0.15, 0.2) is 18.2 Å². The summed E-state index contributed by atoms with van der Waals surface area (Å²) in [5.41, 5.74) is 0.270. The highest BCUT2D eigenvalue weighted by Gasteiger charge is 2.19. The summed E-state index contributed by atoms with van der Waals surface area (Å²) in [6.45, 7) is 1.72. The van der Waals surface area contributed by atoms with Crippen LogP contribution in [0.3, 0.4) is 0 Å². The van der Waals surface area contributed by atoms with Gasteiger partial charge in [-0.2, -0.15) is 0 Å². The van der Waals surface area contributed by atoms with E-state index in [1.54, 1.807) is 13.0 Å². The number of rotatable bonds is 5. The van der Waals surface area contributed by atoms with Gasteiger partial charge in [-0.05, 0) is 13.0 Å². The van der Waals surface area contributed by atoms with Gasteiger partial charge in [0.25, 0.3) is 5.69 Å². The topological polar surface area (TPSA) is 81.5 Å². The van der Waals surface area contributed by atoms with Crippen molar-refractivity contribution >= 4 is 23.3 Å². The fraction of sp³-hybridized carbons (Fsp3) is 0.364. The second-order valence-corrected chi connectivity index (χ2v) is 4.03. The van der Waals surface area contributed by atoms with Crippen molar-refractivity contribution in [2.24, 2.45) is 0 Å². The van der Waals surface area contributed by atoms with Gasteiger partial charge in [0.15, 0.2) is 0 Å². The van der Waals surface area contributed by atoms with E-state index in [0.29, 0.717) is 5.56 Å². The van der Waals surface area contributed by atoms with Gasteiger partial charge in [0.05, 0.1) is 22.6 Å². The molecule has 0 amide bonds. The number of carbonyl (C=O) groups is 1. The van der Waals surface area contributed by atoms with Crippen LogP contribution in [0, 0.1) is 10.1 Å². The molecule has 1 unspecified atom stereocenters. The number of carbonyl (C=O) groups excluding carboxylic acids is 1. The number of hydrogen-bond acceptors (Lipinski definition) is 5. The Morgan fingerprint density at radius 3 is 2.83 bits per heavy atom. The van der Waals surface area contributed by atoms with Gasteiger partial charge < -0.3 is 10.1 Å². The second-order valence-electron chi connectivity index (χ2n) is 3.62. The fourth-order valence-corrected chi connectivity index (χ4v) is 1.64. The predicted molar refractivity (Wildman–Crippen MR) is 66.4 cm³/mol. The Morgan fingerprint density at radius 2 is 2.28 bits per heavy atom. The summed E-state index contributed by atoms with van der Waals surface area (Å²) < 4.78 is 4.54. The SMILES string of the molecule is COC(=O)C(C)NCc1c(Cl)cccc1[N+](=O)[O-]. The standard InChI is InChI=1S/C11H13ClN2O4/c1-7(11(15)18-2)13-6-8-9(12)4-3-5-10(8)14(16)17/h3-5,7,13H,6H2,1-2H3. The predicted octanol–water partition coefficient (Wildman–Crippen LogP) is 1.90. The molecule has 0 aromatic heterocycles. The zero-order valence-corrected chi connectivity index (χ0v) is 10.7. The molecule has 7 heteroatoms. The number of nitrogens with one attached hydrogen (secondary N) is 1. The molecular weight excluding hydrogens is 260 g/mol. The molecule has 0 saturated heterocycles. The minimum atomic E-state index is -0.564. The monoisotopic (exact) mass is 272 g/mol. The normalized spacial score (nSPS) is 11.9. The van der Waals surface area contributed by atoms with E-state index >= 15 is 0 Å². The van der Waals surface area contributed by atoms with E-state index in [1.165, 1.54) is 19.2 Å². The minimum absolute atomic E-state index is 0.0768. The second kappa shape index (κ2) is 6.32. The number of nitro groups is 1. The van der Waals surface area contributed by atoms with E-state index in [-0.39, 0.29) is 17.3 Å². The van der Waals surface area contributed by atoms with Crippen LogP contribution in [0.4, 0.5) is 5.69 Å². The van der Waals surface area contributed by atoms with E-state index in [2.05, 4.69) is 10.1 Å².